The smallest absolute Gasteiger partial charge is 0.372 e. The first-order valence-corrected chi connectivity index (χ1v) is 4.21. The van der Waals surface area contributed by atoms with Crippen LogP contribution in [0.15, 0.2) is 6.07 Å². The summed E-state index contributed by atoms with van der Waals surface area (Å²) < 4.78 is 29.6. The summed E-state index contributed by atoms with van der Waals surface area (Å²) in [6, 6.07) is 0.939. The lowest BCUT2D eigenvalue weighted by atomic mass is 10.2. The van der Waals surface area contributed by atoms with Crippen LogP contribution in [0.5, 0.6) is 5.88 Å². The van der Waals surface area contributed by atoms with Gasteiger partial charge in [-0.2, -0.15) is 0 Å². The van der Waals surface area contributed by atoms with Gasteiger partial charge in [0.1, 0.15) is 5.56 Å². The Morgan fingerprint density at radius 2 is 2.31 bits per heavy atom. The summed E-state index contributed by atoms with van der Waals surface area (Å²) in [5.41, 5.74) is 4.66. The third kappa shape index (κ3) is 2.22. The summed E-state index contributed by atoms with van der Waals surface area (Å²) in [7, 11) is 1.11. The molecule has 0 unspecified atom stereocenters. The van der Waals surface area contributed by atoms with Crippen LogP contribution in [0.1, 0.15) is 17.6 Å². The molecule has 0 bridgehead atoms. The van der Waals surface area contributed by atoms with Crippen LogP contribution in [0.4, 0.5) is 14.6 Å². The highest BCUT2D eigenvalue weighted by molar-refractivity contribution is 5.42. The van der Waals surface area contributed by atoms with Crippen molar-refractivity contribution in [2.75, 3.05) is 7.11 Å². The lowest BCUT2D eigenvalue weighted by Gasteiger charge is -2.06. The molecule has 0 saturated heterocycles. The van der Waals surface area contributed by atoms with Gasteiger partial charge in [-0.1, -0.05) is 0 Å². The predicted molar refractivity (Wildman–Crippen MR) is 50.3 cm³/mol. The van der Waals surface area contributed by atoms with Crippen LogP contribution in [0, 0.1) is 10.1 Å². The minimum atomic E-state index is -2.83. The third-order valence-electron chi connectivity index (χ3n) is 1.89. The lowest BCUT2D eigenvalue weighted by molar-refractivity contribution is -0.390. The number of hydrogen-bond donors (Lipinski definition) is 1. The molecular formula is C8H9F2N3O3. The third-order valence-corrected chi connectivity index (χ3v) is 1.89. The van der Waals surface area contributed by atoms with Crippen molar-refractivity contribution >= 4 is 5.82 Å². The zero-order chi connectivity index (χ0) is 12.3. The predicted octanol–water partition coefficient (Wildman–Crippen LogP) is 1.39. The van der Waals surface area contributed by atoms with Gasteiger partial charge in [0.25, 0.3) is 6.43 Å². The molecule has 0 aliphatic heterocycles. The fourth-order valence-electron chi connectivity index (χ4n) is 1.17. The summed E-state index contributed by atoms with van der Waals surface area (Å²) in [6.45, 7) is -0.243. The van der Waals surface area contributed by atoms with Gasteiger partial charge < -0.3 is 20.6 Å². The normalized spacial score (nSPS) is 10.6. The van der Waals surface area contributed by atoms with Gasteiger partial charge in [-0.3, -0.25) is 0 Å². The SMILES string of the molecule is COc1nc([N+](=O)[O-])c(CN)cc1C(F)F. The fourth-order valence-corrected chi connectivity index (χ4v) is 1.17. The number of nitrogens with zero attached hydrogens (tertiary/aromatic N) is 2. The maximum atomic E-state index is 12.5. The molecule has 8 heteroatoms. The van der Waals surface area contributed by atoms with E-state index in [0.717, 1.165) is 13.2 Å². The quantitative estimate of drug-likeness (QED) is 0.626. The van der Waals surface area contributed by atoms with Crippen LogP contribution in [-0.4, -0.2) is 17.0 Å². The van der Waals surface area contributed by atoms with E-state index in [4.69, 9.17) is 5.73 Å². The van der Waals surface area contributed by atoms with Crippen molar-refractivity contribution in [2.45, 2.75) is 13.0 Å². The summed E-state index contributed by atoms with van der Waals surface area (Å²) in [6.07, 6.45) is -2.83. The first-order valence-electron chi connectivity index (χ1n) is 4.21. The molecule has 0 atom stereocenters. The van der Waals surface area contributed by atoms with Crippen molar-refractivity contribution in [2.24, 2.45) is 5.73 Å². The molecule has 0 aromatic carbocycles. The van der Waals surface area contributed by atoms with Crippen molar-refractivity contribution in [3.8, 4) is 5.88 Å². The number of pyridine rings is 1. The molecule has 0 aliphatic carbocycles. The van der Waals surface area contributed by atoms with Crippen molar-refractivity contribution in [3.05, 3.63) is 27.3 Å². The molecule has 1 rings (SSSR count). The zero-order valence-corrected chi connectivity index (χ0v) is 8.31. The van der Waals surface area contributed by atoms with Crippen LogP contribution in [0.3, 0.4) is 0 Å². The second-order valence-corrected chi connectivity index (χ2v) is 2.83. The zero-order valence-electron chi connectivity index (χ0n) is 8.31. The average molecular weight is 233 g/mol. The number of halogens is 2. The first-order chi connectivity index (χ1) is 7.51. The minimum absolute atomic E-state index is 0.0545. The van der Waals surface area contributed by atoms with E-state index >= 15 is 0 Å². The van der Waals surface area contributed by atoms with Gasteiger partial charge in [-0.25, -0.2) is 8.78 Å². The number of alkyl halides is 2. The average Bonchev–Trinajstić information content (AvgIpc) is 2.26. The fraction of sp³-hybridized carbons (Fsp3) is 0.375. The summed E-state index contributed by atoms with van der Waals surface area (Å²) in [4.78, 5) is 13.2. The molecule has 1 heterocycles. The van der Waals surface area contributed by atoms with Crippen LogP contribution >= 0.6 is 0 Å². The lowest BCUT2D eigenvalue weighted by Crippen LogP contribution is -2.07. The highest BCUT2D eigenvalue weighted by Gasteiger charge is 2.26. The van der Waals surface area contributed by atoms with Crippen molar-refractivity contribution < 1.29 is 18.4 Å². The molecular weight excluding hydrogens is 224 g/mol. The van der Waals surface area contributed by atoms with Gasteiger partial charge in [0.05, 0.1) is 12.7 Å². The Balaban J connectivity index is 3.40. The molecule has 0 aliphatic rings. The molecule has 6 nitrogen and oxygen atoms in total. The van der Waals surface area contributed by atoms with Gasteiger partial charge in [0.15, 0.2) is 0 Å². The number of aromatic nitrogens is 1. The Kier molecular flexibility index (Phi) is 3.67. The molecule has 88 valence electrons. The highest BCUT2D eigenvalue weighted by atomic mass is 19.3. The number of methoxy groups -OCH3 is 1. The van der Waals surface area contributed by atoms with Crippen LogP contribution in [0.25, 0.3) is 0 Å². The van der Waals surface area contributed by atoms with Gasteiger partial charge in [-0.05, 0) is 11.0 Å². The van der Waals surface area contributed by atoms with E-state index in [1.54, 1.807) is 0 Å². The maximum Gasteiger partial charge on any atom is 0.372 e. The van der Waals surface area contributed by atoms with Crippen LogP contribution < -0.4 is 10.5 Å². The van der Waals surface area contributed by atoms with E-state index in [2.05, 4.69) is 9.72 Å². The second kappa shape index (κ2) is 4.79. The number of nitro groups is 1. The molecule has 0 spiro atoms. The van der Waals surface area contributed by atoms with Gasteiger partial charge in [0.2, 0.25) is 0 Å². The molecule has 2 N–H and O–H groups in total. The van der Waals surface area contributed by atoms with E-state index in [1.807, 2.05) is 0 Å². The first kappa shape index (κ1) is 12.2. The van der Waals surface area contributed by atoms with Gasteiger partial charge in [0, 0.05) is 11.5 Å². The van der Waals surface area contributed by atoms with E-state index in [9.17, 15) is 18.9 Å². The summed E-state index contributed by atoms with van der Waals surface area (Å²) in [5, 5.41) is 10.6. The number of hydrogen-bond acceptors (Lipinski definition) is 5. The molecule has 1 aromatic heterocycles. The van der Waals surface area contributed by atoms with Gasteiger partial charge in [-0.15, -0.1) is 0 Å². The Labute approximate surface area is 89.2 Å². The Morgan fingerprint density at radius 1 is 1.69 bits per heavy atom. The Bertz CT molecular complexity index is 412. The van der Waals surface area contributed by atoms with Crippen molar-refractivity contribution in [3.63, 3.8) is 0 Å². The van der Waals surface area contributed by atoms with E-state index < -0.39 is 28.6 Å². The summed E-state index contributed by atoms with van der Waals surface area (Å²) in [5.74, 6) is -1.03. The molecule has 0 saturated carbocycles. The van der Waals surface area contributed by atoms with Crippen molar-refractivity contribution in [1.29, 1.82) is 0 Å². The van der Waals surface area contributed by atoms with Crippen LogP contribution in [0.2, 0.25) is 0 Å². The molecule has 16 heavy (non-hydrogen) atoms. The number of nitrogens with two attached hydrogens (primary N) is 1. The highest BCUT2D eigenvalue weighted by Crippen LogP contribution is 2.31. The monoisotopic (exact) mass is 233 g/mol. The van der Waals surface area contributed by atoms with Crippen LogP contribution in [-0.2, 0) is 6.54 Å². The molecule has 0 amide bonds. The number of ether oxygens (including phenoxy) is 1. The number of rotatable bonds is 4. The second-order valence-electron chi connectivity index (χ2n) is 2.83. The maximum absolute atomic E-state index is 12.5. The molecule has 1 aromatic rings. The Morgan fingerprint density at radius 3 is 2.69 bits per heavy atom. The summed E-state index contributed by atoms with van der Waals surface area (Å²) >= 11 is 0. The Hall–Kier alpha value is -1.83. The topological polar surface area (TPSA) is 91.3 Å². The largest absolute Gasteiger partial charge is 0.462 e. The van der Waals surface area contributed by atoms with E-state index in [-0.39, 0.29) is 12.1 Å². The molecule has 0 radical (unpaired) electrons. The molecule has 0 fully saturated rings. The standard InChI is InChI=1S/C8H9F2N3O3/c1-16-8-5(6(9)10)2-4(3-11)7(12-8)13(14)15/h2,6H,3,11H2,1H3. The van der Waals surface area contributed by atoms with Crippen molar-refractivity contribution in [1.82, 2.24) is 4.98 Å². The van der Waals surface area contributed by atoms with E-state index in [0.29, 0.717) is 0 Å². The van der Waals surface area contributed by atoms with E-state index in [1.165, 1.54) is 0 Å². The van der Waals surface area contributed by atoms with Gasteiger partial charge >= 0.3 is 11.7 Å². The minimum Gasteiger partial charge on any atom is -0.462 e.